The van der Waals surface area contributed by atoms with Gasteiger partial charge in [0.05, 0.1) is 39.7 Å². The number of nitriles is 4. The molecule has 0 N–H and O–H groups in total. The number of carbonyl (C=O) groups excluding carboxylic acids is 2. The van der Waals surface area contributed by atoms with Crippen LogP contribution in [0.25, 0.3) is 52.2 Å². The van der Waals surface area contributed by atoms with E-state index in [-0.39, 0.29) is 22.7 Å². The summed E-state index contributed by atoms with van der Waals surface area (Å²) in [6, 6.07) is 65.9. The zero-order valence-corrected chi connectivity index (χ0v) is 60.8. The minimum Gasteiger partial charge on any atom is -0.289 e. The summed E-state index contributed by atoms with van der Waals surface area (Å²) in [6.07, 6.45) is 26.6. The molecule has 0 spiro atoms. The molecule has 0 fully saturated rings. The molecular formula is C90H80N4O2S4. The van der Waals surface area contributed by atoms with Crippen molar-refractivity contribution in [3.8, 4) is 43.8 Å². The molecule has 0 radical (unpaired) electrons. The summed E-state index contributed by atoms with van der Waals surface area (Å²) in [4.78, 5) is 36.0. The van der Waals surface area contributed by atoms with E-state index in [0.29, 0.717) is 44.5 Å². The highest BCUT2D eigenvalue weighted by Crippen LogP contribution is 2.70. The minimum atomic E-state index is -0.850. The van der Waals surface area contributed by atoms with Gasteiger partial charge in [-0.05, 0) is 142 Å². The molecule has 496 valence electrons. The number of thiophene rings is 4. The lowest BCUT2D eigenvalue weighted by molar-refractivity contribution is 0.103. The first-order valence-corrected chi connectivity index (χ1v) is 39.4. The minimum absolute atomic E-state index is 0.0856. The summed E-state index contributed by atoms with van der Waals surface area (Å²) < 4.78 is 2.45. The summed E-state index contributed by atoms with van der Waals surface area (Å²) in [5.41, 5.74) is 16.4. The van der Waals surface area contributed by atoms with Crippen LogP contribution >= 0.6 is 45.3 Å². The third-order valence-electron chi connectivity index (χ3n) is 21.2. The molecular weight excluding hydrogens is 1300 g/mol. The number of hydrogen-bond donors (Lipinski definition) is 0. The fraction of sp³-hybridized carbons (Fsp3) is 0.289. The molecule has 0 bridgehead atoms. The van der Waals surface area contributed by atoms with Gasteiger partial charge in [-0.1, -0.05) is 250 Å². The molecule has 100 heavy (non-hydrogen) atoms. The molecule has 14 rings (SSSR count). The second-order valence-corrected chi connectivity index (χ2v) is 31.6. The van der Waals surface area contributed by atoms with Crippen LogP contribution in [0.3, 0.4) is 0 Å². The van der Waals surface area contributed by atoms with Crippen molar-refractivity contribution in [2.24, 2.45) is 0 Å². The highest BCUT2D eigenvalue weighted by molar-refractivity contribution is 7.34. The molecule has 4 aliphatic carbocycles. The van der Waals surface area contributed by atoms with E-state index in [4.69, 9.17) is 0 Å². The number of rotatable bonds is 26. The van der Waals surface area contributed by atoms with E-state index in [1.54, 1.807) is 34.8 Å². The van der Waals surface area contributed by atoms with E-state index < -0.39 is 10.8 Å². The maximum atomic E-state index is 14.8. The number of nitrogens with zero attached hydrogens (tertiary/aromatic N) is 4. The van der Waals surface area contributed by atoms with Crippen LogP contribution in [0, 0.1) is 45.3 Å². The number of fused-ring (bicyclic) bond motifs is 11. The smallest absolute Gasteiger partial charge is 0.194 e. The van der Waals surface area contributed by atoms with Crippen LogP contribution in [0.2, 0.25) is 0 Å². The Labute approximate surface area is 605 Å². The van der Waals surface area contributed by atoms with Gasteiger partial charge in [-0.3, -0.25) is 9.59 Å². The van der Waals surface area contributed by atoms with Gasteiger partial charge in [-0.15, -0.1) is 45.3 Å². The Morgan fingerprint density at radius 3 is 0.930 bits per heavy atom. The van der Waals surface area contributed by atoms with Crippen LogP contribution in [-0.4, -0.2) is 11.6 Å². The van der Waals surface area contributed by atoms with Gasteiger partial charge in [-0.2, -0.15) is 21.0 Å². The van der Waals surface area contributed by atoms with Crippen molar-refractivity contribution in [1.29, 1.82) is 21.0 Å². The molecule has 0 saturated heterocycles. The number of hydrogen-bond acceptors (Lipinski definition) is 10. The SMILES string of the molecule is CCCCCCc1ccc(C2(c3ccc(CCCCCC)cc3)c3cc(C=C4C(=O)c5ccccc5C4=C(C#N)C#N)sc3-c3sc4c5c(sc4c32)-c2sc(/C=C3/C(=O)c4ccccc4C3=C(C#N)C#N)cc2C5(c2ccc(CCCCCC)cc2)c2ccc(CCCCCC)cc2)cc1. The standard InChI is InChI=1S/C90H80N4O2S4/c1-5-9-13-17-25-57-33-41-63(42-34-57)89(64-43-35-58(36-44-64)26-18-14-10-6-2)75-51-67(49-73-77(61(53-91)54-92)69-29-21-23-31-71(69)81(73)95)97-83(75)85-79(89)87-88(99-85)80-86(100-87)84-76(52-68(98-84)50-74-78(62(55-93)56-94)70-30-22-24-32-72(70)82(74)96)90(80,65-45-37-59(38-46-65)27-19-15-11-7-3)66-47-39-60(40-48-66)28-20-16-12-8-4/h21-24,29-52H,5-20,25-28H2,1-4H3/b73-49+,74-50?. The van der Waals surface area contributed by atoms with Gasteiger partial charge in [0.1, 0.15) is 35.4 Å². The number of aryl methyl sites for hydroxylation is 4. The molecule has 0 aliphatic heterocycles. The lowest BCUT2D eigenvalue weighted by atomic mass is 9.67. The average molecular weight is 1380 g/mol. The molecule has 10 aromatic rings. The molecule has 4 heterocycles. The second kappa shape index (κ2) is 29.5. The molecule has 0 saturated carbocycles. The monoisotopic (exact) mass is 1380 g/mol. The van der Waals surface area contributed by atoms with Crippen molar-refractivity contribution in [2.75, 3.05) is 0 Å². The first-order valence-electron chi connectivity index (χ1n) is 36.2. The Bertz CT molecular complexity index is 4670. The van der Waals surface area contributed by atoms with Gasteiger partial charge in [-0.25, -0.2) is 0 Å². The molecule has 4 aliphatic rings. The Morgan fingerprint density at radius 2 is 0.650 bits per heavy atom. The second-order valence-electron chi connectivity index (χ2n) is 27.4. The molecule has 4 aromatic heterocycles. The number of benzene rings is 6. The first kappa shape index (κ1) is 67.8. The predicted octanol–water partition coefficient (Wildman–Crippen LogP) is 24.5. The fourth-order valence-electron chi connectivity index (χ4n) is 16.3. The number of carbonyl (C=O) groups is 2. The van der Waals surface area contributed by atoms with Gasteiger partial charge in [0.25, 0.3) is 0 Å². The summed E-state index contributed by atoms with van der Waals surface area (Å²) in [6.45, 7) is 9.04. The maximum absolute atomic E-state index is 14.8. The van der Waals surface area contributed by atoms with E-state index in [9.17, 15) is 30.6 Å². The average Bonchev–Trinajstić information content (AvgIpc) is 1.49. The van der Waals surface area contributed by atoms with Crippen LogP contribution in [0.5, 0.6) is 0 Å². The molecule has 0 atom stereocenters. The van der Waals surface area contributed by atoms with Crippen molar-refractivity contribution < 1.29 is 9.59 Å². The van der Waals surface area contributed by atoms with Crippen LogP contribution in [0.1, 0.15) is 239 Å². The number of Topliss-reactive ketones (excluding diaryl/α,β-unsaturated/α-hetero) is 2. The van der Waals surface area contributed by atoms with E-state index in [1.807, 2.05) is 71.2 Å². The largest absolute Gasteiger partial charge is 0.289 e. The van der Waals surface area contributed by atoms with Gasteiger partial charge >= 0.3 is 0 Å². The lowest BCUT2D eigenvalue weighted by Crippen LogP contribution is -2.29. The molecule has 0 unspecified atom stereocenters. The maximum Gasteiger partial charge on any atom is 0.194 e. The van der Waals surface area contributed by atoms with Crippen LogP contribution < -0.4 is 0 Å². The van der Waals surface area contributed by atoms with Crippen molar-refractivity contribution in [2.45, 2.75) is 167 Å². The van der Waals surface area contributed by atoms with Crippen molar-refractivity contribution in [3.05, 3.63) is 279 Å². The normalized spacial score (nSPS) is 15.0. The summed E-state index contributed by atoms with van der Waals surface area (Å²) in [7, 11) is 0. The topological polar surface area (TPSA) is 129 Å². The van der Waals surface area contributed by atoms with Gasteiger partial charge in [0.2, 0.25) is 0 Å². The van der Waals surface area contributed by atoms with Crippen LogP contribution in [0.4, 0.5) is 0 Å². The lowest BCUT2D eigenvalue weighted by Gasteiger charge is -2.34. The Kier molecular flexibility index (Phi) is 20.0. The van der Waals surface area contributed by atoms with E-state index in [1.165, 1.54) is 130 Å². The summed E-state index contributed by atoms with van der Waals surface area (Å²) in [5.74, 6) is -0.401. The quantitative estimate of drug-likeness (QED) is 0.0302. The van der Waals surface area contributed by atoms with E-state index in [2.05, 4.69) is 161 Å². The Hall–Kier alpha value is -9.36. The zero-order valence-electron chi connectivity index (χ0n) is 57.5. The first-order chi connectivity index (χ1) is 49.1. The van der Waals surface area contributed by atoms with Gasteiger partial charge < -0.3 is 0 Å². The third kappa shape index (κ3) is 11.8. The molecule has 0 amide bonds. The van der Waals surface area contributed by atoms with Crippen molar-refractivity contribution in [1.82, 2.24) is 0 Å². The number of allylic oxidation sites excluding steroid dienone is 6. The Balaban J connectivity index is 1.06. The van der Waals surface area contributed by atoms with Gasteiger partial charge in [0, 0.05) is 54.3 Å². The predicted molar refractivity (Wildman–Crippen MR) is 415 cm³/mol. The summed E-state index contributed by atoms with van der Waals surface area (Å²) >= 11 is 7.14. The Morgan fingerprint density at radius 1 is 0.360 bits per heavy atom. The highest BCUT2D eigenvalue weighted by atomic mass is 32.1. The molecule has 6 nitrogen and oxygen atoms in total. The molecule has 6 aromatic carbocycles. The highest BCUT2D eigenvalue weighted by Gasteiger charge is 2.55. The van der Waals surface area contributed by atoms with Crippen molar-refractivity contribution >= 4 is 89.6 Å². The third-order valence-corrected chi connectivity index (χ3v) is 26.3. The molecule has 10 heteroatoms. The van der Waals surface area contributed by atoms with Crippen molar-refractivity contribution in [3.63, 3.8) is 0 Å². The fourth-order valence-corrected chi connectivity index (χ4v) is 22.0. The van der Waals surface area contributed by atoms with E-state index >= 15 is 0 Å². The van der Waals surface area contributed by atoms with E-state index in [0.717, 1.165) is 104 Å². The zero-order chi connectivity index (χ0) is 69.1. The van der Waals surface area contributed by atoms with Crippen LogP contribution in [0.15, 0.2) is 180 Å². The van der Waals surface area contributed by atoms with Gasteiger partial charge in [0.15, 0.2) is 11.6 Å². The number of unbranched alkanes of at least 4 members (excludes halogenated alkanes) is 12. The number of ketones is 2. The summed E-state index contributed by atoms with van der Waals surface area (Å²) in [5, 5.41) is 42.0. The van der Waals surface area contributed by atoms with Crippen LogP contribution in [-0.2, 0) is 36.5 Å².